The molecule has 3 nitrogen and oxygen atoms in total. The normalized spacial score (nSPS) is 10.6. The highest BCUT2D eigenvalue weighted by molar-refractivity contribution is 5.81. The van der Waals surface area contributed by atoms with Gasteiger partial charge in [0.05, 0.1) is 5.56 Å². The van der Waals surface area contributed by atoms with Crippen LogP contribution in [-0.4, -0.2) is 4.98 Å². The molecule has 2 heterocycles. The molecule has 0 saturated heterocycles. The minimum Gasteiger partial charge on any atom is -0.422 e. The van der Waals surface area contributed by atoms with Gasteiger partial charge in [-0.05, 0) is 18.2 Å². The molecule has 0 aliphatic rings. The highest BCUT2D eigenvalue weighted by atomic mass is 16.4. The number of nitrogens with zero attached hydrogens (tertiary/aromatic N) is 1. The molecule has 3 rings (SSSR count). The Bertz CT molecular complexity index is 717. The summed E-state index contributed by atoms with van der Waals surface area (Å²) < 4.78 is 5.26. The van der Waals surface area contributed by atoms with E-state index in [1.54, 1.807) is 24.5 Å². The predicted molar refractivity (Wildman–Crippen MR) is 65.7 cm³/mol. The average Bonchev–Trinajstić information content (AvgIpc) is 2.39. The zero-order chi connectivity index (χ0) is 11.7. The summed E-state index contributed by atoms with van der Waals surface area (Å²) in [5.74, 6) is 0. The highest BCUT2D eigenvalue weighted by Crippen LogP contribution is 2.19. The van der Waals surface area contributed by atoms with Gasteiger partial charge < -0.3 is 4.42 Å². The topological polar surface area (TPSA) is 43.1 Å². The molecule has 17 heavy (non-hydrogen) atoms. The number of fused-ring (bicyclic) bond motifs is 1. The Morgan fingerprint density at radius 3 is 2.76 bits per heavy atom. The summed E-state index contributed by atoms with van der Waals surface area (Å²) in [7, 11) is 0. The number of hydrogen-bond donors (Lipinski definition) is 0. The van der Waals surface area contributed by atoms with Crippen LogP contribution in [0.25, 0.3) is 22.1 Å². The molecule has 0 spiro atoms. The Morgan fingerprint density at radius 1 is 1.06 bits per heavy atom. The van der Waals surface area contributed by atoms with Gasteiger partial charge in [0.2, 0.25) is 0 Å². The van der Waals surface area contributed by atoms with Crippen molar-refractivity contribution in [3.8, 4) is 11.1 Å². The number of benzene rings is 1. The van der Waals surface area contributed by atoms with E-state index in [1.165, 1.54) is 0 Å². The van der Waals surface area contributed by atoms with Crippen molar-refractivity contribution in [2.45, 2.75) is 0 Å². The Morgan fingerprint density at radius 2 is 1.94 bits per heavy atom. The third kappa shape index (κ3) is 1.72. The van der Waals surface area contributed by atoms with Gasteiger partial charge in [-0.2, -0.15) is 0 Å². The first-order valence-corrected chi connectivity index (χ1v) is 5.28. The van der Waals surface area contributed by atoms with Crippen LogP contribution in [0.5, 0.6) is 0 Å². The molecule has 2 aromatic heterocycles. The molecule has 3 aromatic rings. The summed E-state index contributed by atoms with van der Waals surface area (Å²) in [6, 6.07) is 12.9. The second-order valence-electron chi connectivity index (χ2n) is 3.73. The average molecular weight is 223 g/mol. The van der Waals surface area contributed by atoms with E-state index >= 15 is 0 Å². The van der Waals surface area contributed by atoms with E-state index in [4.69, 9.17) is 4.42 Å². The number of rotatable bonds is 1. The Labute approximate surface area is 97.4 Å². The van der Waals surface area contributed by atoms with E-state index in [-0.39, 0.29) is 5.63 Å². The van der Waals surface area contributed by atoms with Crippen molar-refractivity contribution in [2.75, 3.05) is 0 Å². The molecule has 0 aliphatic carbocycles. The van der Waals surface area contributed by atoms with Crippen molar-refractivity contribution in [3.05, 3.63) is 65.3 Å². The smallest absolute Gasteiger partial charge is 0.344 e. The predicted octanol–water partition coefficient (Wildman–Crippen LogP) is 2.86. The third-order valence-electron chi connectivity index (χ3n) is 2.61. The van der Waals surface area contributed by atoms with Crippen LogP contribution in [0.3, 0.4) is 0 Å². The molecule has 0 radical (unpaired) electrons. The summed E-state index contributed by atoms with van der Waals surface area (Å²) in [4.78, 5) is 15.8. The summed E-state index contributed by atoms with van der Waals surface area (Å²) >= 11 is 0. The number of hydrogen-bond acceptors (Lipinski definition) is 3. The molecule has 3 heteroatoms. The van der Waals surface area contributed by atoms with E-state index in [0.29, 0.717) is 11.1 Å². The summed E-state index contributed by atoms with van der Waals surface area (Å²) in [6.45, 7) is 0. The first-order valence-electron chi connectivity index (χ1n) is 5.28. The van der Waals surface area contributed by atoms with E-state index in [0.717, 1.165) is 10.9 Å². The lowest BCUT2D eigenvalue weighted by atomic mass is 10.1. The lowest BCUT2D eigenvalue weighted by molar-refractivity contribution is 0.563. The van der Waals surface area contributed by atoms with Crippen molar-refractivity contribution >= 4 is 11.0 Å². The first kappa shape index (κ1) is 9.78. The van der Waals surface area contributed by atoms with Crippen molar-refractivity contribution in [3.63, 3.8) is 0 Å². The first-order chi connectivity index (χ1) is 8.34. The zero-order valence-electron chi connectivity index (χ0n) is 8.96. The maximum atomic E-state index is 11.8. The molecule has 0 atom stereocenters. The second kappa shape index (κ2) is 3.87. The molecular formula is C14H9NO2. The van der Waals surface area contributed by atoms with Gasteiger partial charge in [0.15, 0.2) is 0 Å². The van der Waals surface area contributed by atoms with Crippen molar-refractivity contribution in [2.24, 2.45) is 0 Å². The second-order valence-corrected chi connectivity index (χ2v) is 3.73. The van der Waals surface area contributed by atoms with Gasteiger partial charge in [-0.25, -0.2) is 4.79 Å². The van der Waals surface area contributed by atoms with Gasteiger partial charge in [-0.3, -0.25) is 4.98 Å². The lowest BCUT2D eigenvalue weighted by Gasteiger charge is -2.01. The van der Waals surface area contributed by atoms with E-state index in [9.17, 15) is 4.79 Å². The number of aromatic nitrogens is 1. The molecule has 82 valence electrons. The van der Waals surface area contributed by atoms with Crippen molar-refractivity contribution in [1.29, 1.82) is 0 Å². The molecular weight excluding hydrogens is 214 g/mol. The molecule has 0 bridgehead atoms. The maximum Gasteiger partial charge on any atom is 0.344 e. The van der Waals surface area contributed by atoms with E-state index in [2.05, 4.69) is 4.98 Å². The molecule has 1 aromatic carbocycles. The van der Waals surface area contributed by atoms with E-state index in [1.807, 2.05) is 30.3 Å². The van der Waals surface area contributed by atoms with Crippen LogP contribution in [0.1, 0.15) is 0 Å². The van der Waals surface area contributed by atoms with Gasteiger partial charge >= 0.3 is 5.63 Å². The van der Waals surface area contributed by atoms with Gasteiger partial charge in [0.1, 0.15) is 5.58 Å². The van der Waals surface area contributed by atoms with Gasteiger partial charge in [-0.1, -0.05) is 24.3 Å². The largest absolute Gasteiger partial charge is 0.422 e. The van der Waals surface area contributed by atoms with Crippen LogP contribution >= 0.6 is 0 Å². The molecule has 0 fully saturated rings. The zero-order valence-corrected chi connectivity index (χ0v) is 8.96. The fourth-order valence-electron chi connectivity index (χ4n) is 1.79. The van der Waals surface area contributed by atoms with Crippen LogP contribution in [0.15, 0.2) is 64.1 Å². The van der Waals surface area contributed by atoms with Crippen molar-refractivity contribution in [1.82, 2.24) is 4.98 Å². The van der Waals surface area contributed by atoms with E-state index < -0.39 is 0 Å². The lowest BCUT2D eigenvalue weighted by Crippen LogP contribution is -2.02. The summed E-state index contributed by atoms with van der Waals surface area (Å²) in [5, 5.41) is 0.908. The third-order valence-corrected chi connectivity index (χ3v) is 2.61. The van der Waals surface area contributed by atoms with Crippen LogP contribution in [-0.2, 0) is 0 Å². The number of para-hydroxylation sites is 1. The Kier molecular flexibility index (Phi) is 2.22. The highest BCUT2D eigenvalue weighted by Gasteiger charge is 2.06. The monoisotopic (exact) mass is 223 g/mol. The van der Waals surface area contributed by atoms with Gasteiger partial charge in [-0.15, -0.1) is 0 Å². The Balaban J connectivity index is 2.31. The Hall–Kier alpha value is -2.42. The SMILES string of the molecule is O=c1oc2ccccc2cc1-c1cccnc1. The molecule has 0 amide bonds. The molecule has 0 aliphatic heterocycles. The molecule has 0 N–H and O–H groups in total. The summed E-state index contributed by atoms with van der Waals surface area (Å²) in [5.41, 5.74) is 1.57. The maximum absolute atomic E-state index is 11.8. The molecule has 0 unspecified atom stereocenters. The minimum absolute atomic E-state index is 0.336. The van der Waals surface area contributed by atoms with Crippen LogP contribution in [0.2, 0.25) is 0 Å². The van der Waals surface area contributed by atoms with Gasteiger partial charge in [0.25, 0.3) is 0 Å². The van der Waals surface area contributed by atoms with Crippen LogP contribution in [0, 0.1) is 0 Å². The van der Waals surface area contributed by atoms with Gasteiger partial charge in [0, 0.05) is 23.3 Å². The molecule has 0 saturated carbocycles. The fourth-order valence-corrected chi connectivity index (χ4v) is 1.79. The van der Waals surface area contributed by atoms with Crippen LogP contribution < -0.4 is 5.63 Å². The van der Waals surface area contributed by atoms with Crippen LogP contribution in [0.4, 0.5) is 0 Å². The van der Waals surface area contributed by atoms with Crippen molar-refractivity contribution < 1.29 is 4.42 Å². The quantitative estimate of drug-likeness (QED) is 0.596. The summed E-state index contributed by atoms with van der Waals surface area (Å²) in [6.07, 6.45) is 3.33. The standard InChI is InChI=1S/C14H9NO2/c16-14-12(11-5-3-7-15-9-11)8-10-4-1-2-6-13(10)17-14/h1-9H. The fraction of sp³-hybridized carbons (Fsp3) is 0. The number of pyridine rings is 1. The minimum atomic E-state index is -0.336.